The topological polar surface area (TPSA) is 40.2 Å². The molecule has 3 nitrogen and oxygen atoms in total. The number of hydrogen-bond acceptors (Lipinski definition) is 2. The van der Waals surface area contributed by atoms with Gasteiger partial charge in [-0.1, -0.05) is 24.3 Å². The molecular weight excluding hydrogens is 236 g/mol. The van der Waals surface area contributed by atoms with E-state index in [1.165, 1.54) is 10.9 Å². The van der Waals surface area contributed by atoms with Crippen LogP contribution < -0.4 is 10.5 Å². The number of ether oxygens (including phenoxy) is 1. The van der Waals surface area contributed by atoms with Gasteiger partial charge in [-0.15, -0.1) is 0 Å². The molecule has 96 valence electrons. The quantitative estimate of drug-likeness (QED) is 0.724. The first kappa shape index (κ1) is 11.7. The molecule has 1 heterocycles. The summed E-state index contributed by atoms with van der Waals surface area (Å²) in [5, 5.41) is 1.26. The van der Waals surface area contributed by atoms with Crippen molar-refractivity contribution in [2.75, 3.05) is 12.3 Å². The minimum Gasteiger partial charge on any atom is -0.492 e. The van der Waals surface area contributed by atoms with Crippen molar-refractivity contribution in [2.24, 2.45) is 0 Å². The number of para-hydroxylation sites is 1. The minimum atomic E-state index is 0.627. The fourth-order valence-corrected chi connectivity index (χ4v) is 2.20. The first-order chi connectivity index (χ1) is 9.33. The maximum Gasteiger partial charge on any atom is 0.121 e. The average Bonchev–Trinajstić information content (AvgIpc) is 2.83. The highest BCUT2D eigenvalue weighted by atomic mass is 16.5. The summed E-state index contributed by atoms with van der Waals surface area (Å²) in [4.78, 5) is 0. The molecule has 0 amide bonds. The Morgan fingerprint density at radius 1 is 1.00 bits per heavy atom. The van der Waals surface area contributed by atoms with E-state index in [1.54, 1.807) is 0 Å². The molecule has 0 atom stereocenters. The molecule has 2 aromatic carbocycles. The van der Waals surface area contributed by atoms with Gasteiger partial charge in [-0.25, -0.2) is 0 Å². The molecule has 0 radical (unpaired) electrons. The lowest BCUT2D eigenvalue weighted by Crippen LogP contribution is -2.07. The third kappa shape index (κ3) is 2.55. The second kappa shape index (κ2) is 5.06. The van der Waals surface area contributed by atoms with Crippen molar-refractivity contribution in [3.8, 4) is 5.75 Å². The van der Waals surface area contributed by atoms with Gasteiger partial charge < -0.3 is 15.0 Å². The molecule has 0 spiro atoms. The van der Waals surface area contributed by atoms with Crippen molar-refractivity contribution in [1.29, 1.82) is 0 Å². The molecule has 0 aliphatic rings. The summed E-state index contributed by atoms with van der Waals surface area (Å²) in [7, 11) is 0. The van der Waals surface area contributed by atoms with E-state index in [9.17, 15) is 0 Å². The van der Waals surface area contributed by atoms with Crippen LogP contribution >= 0.6 is 0 Å². The van der Waals surface area contributed by atoms with Gasteiger partial charge in [0.2, 0.25) is 0 Å². The summed E-state index contributed by atoms with van der Waals surface area (Å²) >= 11 is 0. The van der Waals surface area contributed by atoms with E-state index in [0.717, 1.165) is 18.0 Å². The Morgan fingerprint density at radius 2 is 1.89 bits per heavy atom. The zero-order valence-electron chi connectivity index (χ0n) is 10.6. The molecule has 1 aromatic heterocycles. The first-order valence-electron chi connectivity index (χ1n) is 6.35. The third-order valence-electron chi connectivity index (χ3n) is 3.14. The Labute approximate surface area is 112 Å². The predicted octanol–water partition coefficient (Wildman–Crippen LogP) is 3.30. The summed E-state index contributed by atoms with van der Waals surface area (Å²) in [6, 6.07) is 18.0. The summed E-state index contributed by atoms with van der Waals surface area (Å²) in [6.07, 6.45) is 2.09. The summed E-state index contributed by atoms with van der Waals surface area (Å²) < 4.78 is 7.90. The van der Waals surface area contributed by atoms with Gasteiger partial charge in [0.25, 0.3) is 0 Å². The van der Waals surface area contributed by atoms with E-state index < -0.39 is 0 Å². The maximum atomic E-state index is 5.71. The second-order valence-corrected chi connectivity index (χ2v) is 4.49. The Bertz CT molecular complexity index is 688. The molecule has 0 saturated carbocycles. The van der Waals surface area contributed by atoms with E-state index >= 15 is 0 Å². The van der Waals surface area contributed by atoms with E-state index in [2.05, 4.69) is 41.1 Å². The monoisotopic (exact) mass is 252 g/mol. The molecule has 2 N–H and O–H groups in total. The third-order valence-corrected chi connectivity index (χ3v) is 3.14. The molecular formula is C16H16N2O. The Kier molecular flexibility index (Phi) is 3.11. The number of nitrogen functional groups attached to an aromatic ring is 1. The molecule has 0 fully saturated rings. The zero-order valence-corrected chi connectivity index (χ0v) is 10.6. The van der Waals surface area contributed by atoms with E-state index in [0.29, 0.717) is 6.61 Å². The van der Waals surface area contributed by atoms with Crippen LogP contribution in [0.5, 0.6) is 5.75 Å². The highest BCUT2D eigenvalue weighted by Crippen LogP contribution is 2.16. The molecule has 0 unspecified atom stereocenters. The fourth-order valence-electron chi connectivity index (χ4n) is 2.20. The number of aromatic nitrogens is 1. The zero-order chi connectivity index (χ0) is 13.1. The van der Waals surface area contributed by atoms with Gasteiger partial charge in [0, 0.05) is 23.5 Å². The molecule has 0 aliphatic heterocycles. The van der Waals surface area contributed by atoms with Gasteiger partial charge >= 0.3 is 0 Å². The first-order valence-corrected chi connectivity index (χ1v) is 6.35. The van der Waals surface area contributed by atoms with Gasteiger partial charge in [0.15, 0.2) is 0 Å². The molecule has 3 rings (SSSR count). The molecule has 0 saturated heterocycles. The number of fused-ring (bicyclic) bond motifs is 1. The number of anilines is 1. The number of nitrogens with zero attached hydrogens (tertiary/aromatic N) is 1. The summed E-state index contributed by atoms with van der Waals surface area (Å²) in [5.74, 6) is 0.816. The SMILES string of the molecule is Nc1cccc(OCCn2ccc3ccccc32)c1. The van der Waals surface area contributed by atoms with Crippen molar-refractivity contribution in [3.05, 3.63) is 60.8 Å². The smallest absolute Gasteiger partial charge is 0.121 e. The normalized spacial score (nSPS) is 10.7. The van der Waals surface area contributed by atoms with Crippen LogP contribution in [0.4, 0.5) is 5.69 Å². The van der Waals surface area contributed by atoms with Gasteiger partial charge in [0.1, 0.15) is 12.4 Å². The Balaban J connectivity index is 1.66. The Hall–Kier alpha value is -2.42. The van der Waals surface area contributed by atoms with Gasteiger partial charge in [-0.3, -0.25) is 0 Å². The average molecular weight is 252 g/mol. The van der Waals surface area contributed by atoms with Crippen molar-refractivity contribution >= 4 is 16.6 Å². The Morgan fingerprint density at radius 3 is 2.79 bits per heavy atom. The van der Waals surface area contributed by atoms with Crippen LogP contribution in [-0.4, -0.2) is 11.2 Å². The largest absolute Gasteiger partial charge is 0.492 e. The van der Waals surface area contributed by atoms with Gasteiger partial charge in [-0.2, -0.15) is 0 Å². The van der Waals surface area contributed by atoms with Crippen LogP contribution in [0.3, 0.4) is 0 Å². The van der Waals surface area contributed by atoms with Crippen LogP contribution in [0, 0.1) is 0 Å². The lowest BCUT2D eigenvalue weighted by molar-refractivity contribution is 0.300. The van der Waals surface area contributed by atoms with E-state index in [4.69, 9.17) is 10.5 Å². The van der Waals surface area contributed by atoms with Crippen LogP contribution in [0.2, 0.25) is 0 Å². The standard InChI is InChI=1S/C16H16N2O/c17-14-5-3-6-15(12-14)19-11-10-18-9-8-13-4-1-2-7-16(13)18/h1-9,12H,10-11,17H2. The summed E-state index contributed by atoms with van der Waals surface area (Å²) in [5.41, 5.74) is 7.67. The second-order valence-electron chi connectivity index (χ2n) is 4.49. The van der Waals surface area contributed by atoms with Crippen LogP contribution in [0.25, 0.3) is 10.9 Å². The molecule has 3 aromatic rings. The number of hydrogen-bond donors (Lipinski definition) is 1. The highest BCUT2D eigenvalue weighted by molar-refractivity contribution is 5.79. The number of benzene rings is 2. The van der Waals surface area contributed by atoms with Gasteiger partial charge in [0.05, 0.1) is 6.54 Å². The van der Waals surface area contributed by atoms with Gasteiger partial charge in [-0.05, 0) is 29.7 Å². The molecule has 0 aliphatic carbocycles. The predicted molar refractivity (Wildman–Crippen MR) is 78.3 cm³/mol. The van der Waals surface area contributed by atoms with Crippen molar-refractivity contribution in [3.63, 3.8) is 0 Å². The van der Waals surface area contributed by atoms with Crippen molar-refractivity contribution in [1.82, 2.24) is 4.57 Å². The van der Waals surface area contributed by atoms with Crippen molar-refractivity contribution < 1.29 is 4.74 Å². The highest BCUT2D eigenvalue weighted by Gasteiger charge is 2.00. The molecule has 19 heavy (non-hydrogen) atoms. The maximum absolute atomic E-state index is 5.71. The van der Waals surface area contributed by atoms with E-state index in [-0.39, 0.29) is 0 Å². The van der Waals surface area contributed by atoms with Crippen LogP contribution in [0.15, 0.2) is 60.8 Å². The molecule has 0 bridgehead atoms. The number of nitrogens with two attached hydrogens (primary N) is 1. The number of rotatable bonds is 4. The van der Waals surface area contributed by atoms with E-state index in [1.807, 2.05) is 24.3 Å². The minimum absolute atomic E-state index is 0.627. The van der Waals surface area contributed by atoms with Crippen molar-refractivity contribution in [2.45, 2.75) is 6.54 Å². The fraction of sp³-hybridized carbons (Fsp3) is 0.125. The lowest BCUT2D eigenvalue weighted by Gasteiger charge is -2.08. The van der Waals surface area contributed by atoms with Crippen LogP contribution in [0.1, 0.15) is 0 Å². The lowest BCUT2D eigenvalue weighted by atomic mass is 10.2. The molecule has 3 heteroatoms. The van der Waals surface area contributed by atoms with Crippen LogP contribution in [-0.2, 0) is 6.54 Å². The summed E-state index contributed by atoms with van der Waals surface area (Å²) in [6.45, 7) is 1.45.